The number of amides is 1. The van der Waals surface area contributed by atoms with Crippen molar-refractivity contribution < 1.29 is 4.79 Å². The maximum Gasteiger partial charge on any atom is 0.263 e. The summed E-state index contributed by atoms with van der Waals surface area (Å²) >= 11 is 1.56. The number of hydrogen-bond donors (Lipinski definition) is 1. The first-order valence-corrected chi connectivity index (χ1v) is 6.70. The van der Waals surface area contributed by atoms with E-state index in [1.165, 1.54) is 12.0 Å². The fourth-order valence-electron chi connectivity index (χ4n) is 2.04. The normalized spacial score (nSPS) is 16.4. The van der Waals surface area contributed by atoms with E-state index in [9.17, 15) is 4.79 Å². The molecule has 0 saturated carbocycles. The molecule has 4 heteroatoms. The summed E-state index contributed by atoms with van der Waals surface area (Å²) in [7, 11) is 1.92. The van der Waals surface area contributed by atoms with E-state index >= 15 is 0 Å². The van der Waals surface area contributed by atoms with Gasteiger partial charge in [-0.15, -0.1) is 11.3 Å². The van der Waals surface area contributed by atoms with Crippen molar-refractivity contribution in [2.45, 2.75) is 25.8 Å². The second-order valence-electron chi connectivity index (χ2n) is 4.20. The van der Waals surface area contributed by atoms with Gasteiger partial charge >= 0.3 is 0 Å². The molecule has 1 amide bonds. The lowest BCUT2D eigenvalue weighted by Gasteiger charge is -2.26. The van der Waals surface area contributed by atoms with Crippen molar-refractivity contribution in [3.05, 3.63) is 21.9 Å². The van der Waals surface area contributed by atoms with Crippen molar-refractivity contribution in [1.29, 1.82) is 0 Å². The van der Waals surface area contributed by atoms with E-state index in [0.29, 0.717) is 0 Å². The molecule has 1 aromatic heterocycles. The maximum absolute atomic E-state index is 12.1. The molecule has 0 bridgehead atoms. The summed E-state index contributed by atoms with van der Waals surface area (Å²) < 4.78 is 0. The highest BCUT2D eigenvalue weighted by Crippen LogP contribution is 2.19. The van der Waals surface area contributed by atoms with Crippen LogP contribution in [0.4, 0.5) is 0 Å². The zero-order valence-corrected chi connectivity index (χ0v) is 10.5. The van der Waals surface area contributed by atoms with Gasteiger partial charge in [0.15, 0.2) is 0 Å². The molecule has 2 heterocycles. The Kier molecular flexibility index (Phi) is 3.96. The zero-order chi connectivity index (χ0) is 11.4. The van der Waals surface area contributed by atoms with Gasteiger partial charge in [-0.25, -0.2) is 0 Å². The van der Waals surface area contributed by atoms with Crippen molar-refractivity contribution in [1.82, 2.24) is 10.2 Å². The minimum absolute atomic E-state index is 0.215. The van der Waals surface area contributed by atoms with E-state index in [0.717, 1.165) is 37.4 Å². The van der Waals surface area contributed by atoms with Crippen LogP contribution in [0.15, 0.2) is 11.4 Å². The number of rotatable bonds is 3. The minimum atomic E-state index is 0.215. The van der Waals surface area contributed by atoms with E-state index in [2.05, 4.69) is 10.7 Å². The van der Waals surface area contributed by atoms with Gasteiger partial charge in [0, 0.05) is 19.6 Å². The molecule has 0 aromatic carbocycles. The summed E-state index contributed by atoms with van der Waals surface area (Å²) in [6, 6.07) is 2.01. The average molecular weight is 238 g/mol. The summed E-state index contributed by atoms with van der Waals surface area (Å²) in [5.41, 5.74) is 1.20. The number of carbonyl (C=O) groups is 1. The fraction of sp³-hybridized carbons (Fsp3) is 0.583. The summed E-state index contributed by atoms with van der Waals surface area (Å²) in [6.45, 7) is 2.69. The molecule has 1 aliphatic rings. The SMILES string of the molecule is CNCc1csc(C(=O)N2CCCCC2)c1. The first kappa shape index (κ1) is 11.6. The Balaban J connectivity index is 2.01. The molecule has 0 atom stereocenters. The molecule has 0 spiro atoms. The van der Waals surface area contributed by atoms with Crippen LogP contribution in [-0.2, 0) is 6.54 Å². The van der Waals surface area contributed by atoms with Crippen LogP contribution >= 0.6 is 11.3 Å². The van der Waals surface area contributed by atoms with Gasteiger partial charge in [-0.3, -0.25) is 4.79 Å². The predicted octanol–water partition coefficient (Wildman–Crippen LogP) is 2.09. The van der Waals surface area contributed by atoms with Gasteiger partial charge in [0.1, 0.15) is 0 Å². The Morgan fingerprint density at radius 2 is 2.19 bits per heavy atom. The standard InChI is InChI=1S/C12H18N2OS/c1-13-8-10-7-11(16-9-10)12(15)14-5-3-2-4-6-14/h7,9,13H,2-6,8H2,1H3. The highest BCUT2D eigenvalue weighted by Gasteiger charge is 2.19. The predicted molar refractivity (Wildman–Crippen MR) is 66.8 cm³/mol. The third-order valence-electron chi connectivity index (χ3n) is 2.89. The lowest BCUT2D eigenvalue weighted by molar-refractivity contribution is 0.0729. The van der Waals surface area contributed by atoms with Crippen molar-refractivity contribution in [2.24, 2.45) is 0 Å². The fourth-order valence-corrected chi connectivity index (χ4v) is 2.92. The number of thiophene rings is 1. The van der Waals surface area contributed by atoms with Gasteiger partial charge < -0.3 is 10.2 Å². The number of likely N-dealkylation sites (tertiary alicyclic amines) is 1. The highest BCUT2D eigenvalue weighted by molar-refractivity contribution is 7.12. The largest absolute Gasteiger partial charge is 0.338 e. The zero-order valence-electron chi connectivity index (χ0n) is 9.66. The monoisotopic (exact) mass is 238 g/mol. The van der Waals surface area contributed by atoms with Crippen LogP contribution in [0.25, 0.3) is 0 Å². The molecule has 1 N–H and O–H groups in total. The average Bonchev–Trinajstić information content (AvgIpc) is 2.78. The van der Waals surface area contributed by atoms with E-state index in [1.807, 2.05) is 18.0 Å². The number of nitrogens with zero attached hydrogens (tertiary/aromatic N) is 1. The molecule has 0 aliphatic carbocycles. The molecule has 1 aromatic rings. The van der Waals surface area contributed by atoms with Crippen LogP contribution in [0, 0.1) is 0 Å². The lowest BCUT2D eigenvalue weighted by atomic mass is 10.1. The van der Waals surface area contributed by atoms with E-state index < -0.39 is 0 Å². The summed E-state index contributed by atoms with van der Waals surface area (Å²) in [6.07, 6.45) is 3.57. The van der Waals surface area contributed by atoms with Gasteiger partial charge in [-0.2, -0.15) is 0 Å². The minimum Gasteiger partial charge on any atom is -0.338 e. The van der Waals surface area contributed by atoms with Gasteiger partial charge in [-0.1, -0.05) is 0 Å². The van der Waals surface area contributed by atoms with E-state index in [1.54, 1.807) is 11.3 Å². The molecule has 88 valence electrons. The van der Waals surface area contributed by atoms with Crippen molar-refractivity contribution in [2.75, 3.05) is 20.1 Å². The molecule has 1 saturated heterocycles. The molecule has 0 radical (unpaired) electrons. The summed E-state index contributed by atoms with van der Waals surface area (Å²) in [5.74, 6) is 0.215. The van der Waals surface area contributed by atoms with Crippen molar-refractivity contribution in [3.63, 3.8) is 0 Å². The van der Waals surface area contributed by atoms with Gasteiger partial charge in [0.2, 0.25) is 0 Å². The van der Waals surface area contributed by atoms with Crippen LogP contribution in [0.3, 0.4) is 0 Å². The number of piperidine rings is 1. The van der Waals surface area contributed by atoms with Crippen LogP contribution in [-0.4, -0.2) is 30.9 Å². The second-order valence-corrected chi connectivity index (χ2v) is 5.11. The molecule has 1 aliphatic heterocycles. The summed E-state index contributed by atoms with van der Waals surface area (Å²) in [5, 5.41) is 5.16. The van der Waals surface area contributed by atoms with Gasteiger partial charge in [-0.05, 0) is 43.3 Å². The first-order valence-electron chi connectivity index (χ1n) is 5.82. The van der Waals surface area contributed by atoms with Crippen molar-refractivity contribution >= 4 is 17.2 Å². The Bertz CT molecular complexity index is 356. The van der Waals surface area contributed by atoms with Crippen molar-refractivity contribution in [3.8, 4) is 0 Å². The number of carbonyl (C=O) groups excluding carboxylic acids is 1. The Hall–Kier alpha value is -0.870. The van der Waals surface area contributed by atoms with Gasteiger partial charge in [0.05, 0.1) is 4.88 Å². The molecule has 3 nitrogen and oxygen atoms in total. The van der Waals surface area contributed by atoms with Crippen LogP contribution in [0.5, 0.6) is 0 Å². The van der Waals surface area contributed by atoms with Gasteiger partial charge in [0.25, 0.3) is 5.91 Å². The molecular formula is C12H18N2OS. The van der Waals surface area contributed by atoms with E-state index in [4.69, 9.17) is 0 Å². The topological polar surface area (TPSA) is 32.3 Å². The number of hydrogen-bond acceptors (Lipinski definition) is 3. The molecule has 2 rings (SSSR count). The second kappa shape index (κ2) is 5.46. The van der Waals surface area contributed by atoms with Crippen LogP contribution in [0.2, 0.25) is 0 Å². The highest BCUT2D eigenvalue weighted by atomic mass is 32.1. The van der Waals surface area contributed by atoms with E-state index in [-0.39, 0.29) is 5.91 Å². The first-order chi connectivity index (χ1) is 7.81. The van der Waals surface area contributed by atoms with Crippen LogP contribution in [0.1, 0.15) is 34.5 Å². The van der Waals surface area contributed by atoms with Crippen LogP contribution < -0.4 is 5.32 Å². The maximum atomic E-state index is 12.1. The third kappa shape index (κ3) is 2.62. The summed E-state index contributed by atoms with van der Waals surface area (Å²) in [4.78, 5) is 15.0. The lowest BCUT2D eigenvalue weighted by Crippen LogP contribution is -2.35. The smallest absolute Gasteiger partial charge is 0.263 e. The molecular weight excluding hydrogens is 220 g/mol. The quantitative estimate of drug-likeness (QED) is 0.874. The third-order valence-corrected chi connectivity index (χ3v) is 3.86. The molecule has 0 unspecified atom stereocenters. The molecule has 16 heavy (non-hydrogen) atoms. The Labute approximate surface area is 100 Å². The number of nitrogens with one attached hydrogen (secondary N) is 1. The Morgan fingerprint density at radius 1 is 1.44 bits per heavy atom. The Morgan fingerprint density at radius 3 is 2.88 bits per heavy atom. The molecule has 1 fully saturated rings.